The van der Waals surface area contributed by atoms with Crippen molar-refractivity contribution in [2.75, 3.05) is 26.6 Å². The molecule has 0 unspecified atom stereocenters. The second-order valence-electron chi connectivity index (χ2n) is 7.20. The fourth-order valence-corrected chi connectivity index (χ4v) is 3.67. The zero-order valence-corrected chi connectivity index (χ0v) is 18.5. The van der Waals surface area contributed by atoms with E-state index in [0.717, 1.165) is 5.56 Å². The van der Waals surface area contributed by atoms with Gasteiger partial charge in [-0.1, -0.05) is 24.3 Å². The molecule has 0 bridgehead atoms. The van der Waals surface area contributed by atoms with Crippen LogP contribution in [-0.2, 0) is 16.1 Å². The summed E-state index contributed by atoms with van der Waals surface area (Å²) in [4.78, 5) is 32.2. The van der Waals surface area contributed by atoms with Crippen molar-refractivity contribution in [3.63, 3.8) is 0 Å². The maximum absolute atomic E-state index is 13.5. The standard InChI is InChI=1S/C25H23N3O5/c1-31-19-9-5-4-8-18(19)22-23(27-17-10-11-20(32-2)21(13-17)33-3)25(30)28(24(22)29)15-16-7-6-12-26-14-16/h4-14,27H,15H2,1-3H3. The van der Waals surface area contributed by atoms with Crippen LogP contribution in [0.15, 0.2) is 72.7 Å². The lowest BCUT2D eigenvalue weighted by molar-refractivity contribution is -0.137. The molecule has 0 fully saturated rings. The molecular formula is C25H23N3O5. The highest BCUT2D eigenvalue weighted by atomic mass is 16.5. The first kappa shape index (κ1) is 21.9. The molecule has 33 heavy (non-hydrogen) atoms. The normalized spacial score (nSPS) is 13.4. The highest BCUT2D eigenvalue weighted by Gasteiger charge is 2.40. The molecule has 1 aliphatic heterocycles. The summed E-state index contributed by atoms with van der Waals surface area (Å²) >= 11 is 0. The number of nitrogens with one attached hydrogen (secondary N) is 1. The summed E-state index contributed by atoms with van der Waals surface area (Å²) in [7, 11) is 4.60. The van der Waals surface area contributed by atoms with Gasteiger partial charge < -0.3 is 19.5 Å². The lowest BCUT2D eigenvalue weighted by Gasteiger charge is -2.15. The summed E-state index contributed by atoms with van der Waals surface area (Å²) < 4.78 is 16.1. The Morgan fingerprint density at radius 1 is 0.848 bits per heavy atom. The third-order valence-corrected chi connectivity index (χ3v) is 5.26. The van der Waals surface area contributed by atoms with E-state index in [4.69, 9.17) is 14.2 Å². The van der Waals surface area contributed by atoms with Crippen molar-refractivity contribution in [3.8, 4) is 17.2 Å². The van der Waals surface area contributed by atoms with Gasteiger partial charge >= 0.3 is 0 Å². The molecule has 1 aliphatic rings. The Labute approximate surface area is 191 Å². The SMILES string of the molecule is COc1ccc(NC2=C(c3ccccc3OC)C(=O)N(Cc3cccnc3)C2=O)cc1OC. The Balaban J connectivity index is 1.79. The number of aromatic nitrogens is 1. The average molecular weight is 445 g/mol. The molecule has 2 amide bonds. The van der Waals surface area contributed by atoms with E-state index in [2.05, 4.69) is 10.3 Å². The van der Waals surface area contributed by atoms with Crippen molar-refractivity contribution >= 4 is 23.1 Å². The summed E-state index contributed by atoms with van der Waals surface area (Å²) in [5.74, 6) is 0.666. The summed E-state index contributed by atoms with van der Waals surface area (Å²) in [5, 5.41) is 3.12. The number of methoxy groups -OCH3 is 3. The number of anilines is 1. The van der Waals surface area contributed by atoms with Crippen molar-refractivity contribution in [2.24, 2.45) is 0 Å². The number of para-hydroxylation sites is 1. The van der Waals surface area contributed by atoms with Crippen LogP contribution in [0.4, 0.5) is 5.69 Å². The number of rotatable bonds is 8. The molecule has 1 N–H and O–H groups in total. The number of hydrogen-bond donors (Lipinski definition) is 1. The highest BCUT2D eigenvalue weighted by Crippen LogP contribution is 2.37. The third kappa shape index (κ3) is 4.23. The molecular weight excluding hydrogens is 422 g/mol. The van der Waals surface area contributed by atoms with Gasteiger partial charge in [-0.15, -0.1) is 0 Å². The molecule has 8 nitrogen and oxygen atoms in total. The molecule has 2 heterocycles. The fourth-order valence-electron chi connectivity index (χ4n) is 3.67. The maximum atomic E-state index is 13.5. The van der Waals surface area contributed by atoms with E-state index in [0.29, 0.717) is 28.5 Å². The quantitative estimate of drug-likeness (QED) is 0.531. The fraction of sp³-hybridized carbons (Fsp3) is 0.160. The Bertz CT molecular complexity index is 1220. The van der Waals surface area contributed by atoms with Crippen LogP contribution in [-0.4, -0.2) is 43.0 Å². The lowest BCUT2D eigenvalue weighted by Crippen LogP contribution is -2.32. The van der Waals surface area contributed by atoms with Gasteiger partial charge in [-0.3, -0.25) is 19.5 Å². The van der Waals surface area contributed by atoms with Crippen LogP contribution >= 0.6 is 0 Å². The number of pyridine rings is 1. The predicted octanol–water partition coefficient (Wildman–Crippen LogP) is 3.50. The van der Waals surface area contributed by atoms with E-state index < -0.39 is 11.8 Å². The monoisotopic (exact) mass is 445 g/mol. The molecule has 0 saturated heterocycles. The number of ether oxygens (including phenoxy) is 3. The number of amides is 2. The molecule has 4 rings (SSSR count). The minimum absolute atomic E-state index is 0.0985. The van der Waals surface area contributed by atoms with Crippen molar-refractivity contribution in [1.82, 2.24) is 9.88 Å². The molecule has 168 valence electrons. The van der Waals surface area contributed by atoms with Gasteiger partial charge in [0.15, 0.2) is 11.5 Å². The minimum atomic E-state index is -0.445. The number of imide groups is 1. The summed E-state index contributed by atoms with van der Waals surface area (Å²) in [6.07, 6.45) is 3.27. The highest BCUT2D eigenvalue weighted by molar-refractivity contribution is 6.36. The molecule has 2 aromatic carbocycles. The average Bonchev–Trinajstić information content (AvgIpc) is 3.08. The number of hydrogen-bond acceptors (Lipinski definition) is 7. The van der Waals surface area contributed by atoms with E-state index >= 15 is 0 Å². The Morgan fingerprint density at radius 3 is 2.30 bits per heavy atom. The van der Waals surface area contributed by atoms with E-state index in [-0.39, 0.29) is 17.8 Å². The van der Waals surface area contributed by atoms with Crippen LogP contribution in [0.2, 0.25) is 0 Å². The molecule has 0 saturated carbocycles. The zero-order valence-electron chi connectivity index (χ0n) is 18.5. The second kappa shape index (κ2) is 9.44. The van der Waals surface area contributed by atoms with Crippen LogP contribution in [0.1, 0.15) is 11.1 Å². The molecule has 8 heteroatoms. The molecule has 0 aliphatic carbocycles. The van der Waals surface area contributed by atoms with Crippen LogP contribution in [0, 0.1) is 0 Å². The molecule has 0 atom stereocenters. The molecule has 3 aromatic rings. The van der Waals surface area contributed by atoms with E-state index in [1.807, 2.05) is 6.07 Å². The first-order valence-electron chi connectivity index (χ1n) is 10.2. The molecule has 0 radical (unpaired) electrons. The van der Waals surface area contributed by atoms with Crippen molar-refractivity contribution in [2.45, 2.75) is 6.54 Å². The smallest absolute Gasteiger partial charge is 0.278 e. The zero-order chi connectivity index (χ0) is 23.4. The van der Waals surface area contributed by atoms with Crippen molar-refractivity contribution in [3.05, 3.63) is 83.8 Å². The van der Waals surface area contributed by atoms with Crippen molar-refractivity contribution in [1.29, 1.82) is 0 Å². The number of nitrogens with zero attached hydrogens (tertiary/aromatic N) is 2. The number of benzene rings is 2. The Kier molecular flexibility index (Phi) is 6.26. The lowest BCUT2D eigenvalue weighted by atomic mass is 10.0. The predicted molar refractivity (Wildman–Crippen MR) is 123 cm³/mol. The van der Waals surface area contributed by atoms with Gasteiger partial charge in [-0.2, -0.15) is 0 Å². The van der Waals surface area contributed by atoms with Gasteiger partial charge in [0.25, 0.3) is 11.8 Å². The van der Waals surface area contributed by atoms with Crippen LogP contribution in [0.3, 0.4) is 0 Å². The van der Waals surface area contributed by atoms with Gasteiger partial charge in [-0.25, -0.2) is 0 Å². The first-order chi connectivity index (χ1) is 16.1. The second-order valence-corrected chi connectivity index (χ2v) is 7.20. The molecule has 1 aromatic heterocycles. The Morgan fingerprint density at radius 2 is 1.61 bits per heavy atom. The summed E-state index contributed by atoms with van der Waals surface area (Å²) in [6, 6.07) is 15.8. The topological polar surface area (TPSA) is 90.0 Å². The van der Waals surface area contributed by atoms with Crippen LogP contribution in [0.5, 0.6) is 17.2 Å². The summed E-state index contributed by atoms with van der Waals surface area (Å²) in [6.45, 7) is 0.0985. The number of carbonyl (C=O) groups is 2. The third-order valence-electron chi connectivity index (χ3n) is 5.26. The number of carbonyl (C=O) groups excluding carboxylic acids is 2. The van der Waals surface area contributed by atoms with E-state index in [1.165, 1.54) is 19.1 Å². The molecule has 0 spiro atoms. The van der Waals surface area contributed by atoms with E-state index in [9.17, 15) is 9.59 Å². The van der Waals surface area contributed by atoms with Gasteiger partial charge in [0.1, 0.15) is 11.4 Å². The van der Waals surface area contributed by atoms with Gasteiger partial charge in [0.05, 0.1) is 33.4 Å². The largest absolute Gasteiger partial charge is 0.496 e. The van der Waals surface area contributed by atoms with Crippen LogP contribution < -0.4 is 19.5 Å². The van der Waals surface area contributed by atoms with Gasteiger partial charge in [0.2, 0.25) is 0 Å². The van der Waals surface area contributed by atoms with Gasteiger partial charge in [-0.05, 0) is 29.8 Å². The van der Waals surface area contributed by atoms with Gasteiger partial charge in [0, 0.05) is 29.7 Å². The van der Waals surface area contributed by atoms with Crippen molar-refractivity contribution < 1.29 is 23.8 Å². The maximum Gasteiger partial charge on any atom is 0.278 e. The van der Waals surface area contributed by atoms with Crippen LogP contribution in [0.25, 0.3) is 5.57 Å². The first-order valence-corrected chi connectivity index (χ1v) is 10.2. The summed E-state index contributed by atoms with van der Waals surface area (Å²) in [5.41, 5.74) is 2.22. The Hall–Kier alpha value is -4.33. The minimum Gasteiger partial charge on any atom is -0.496 e. The van der Waals surface area contributed by atoms with E-state index in [1.54, 1.807) is 68.0 Å².